The van der Waals surface area contributed by atoms with Gasteiger partial charge < -0.3 is 10.6 Å². The van der Waals surface area contributed by atoms with E-state index in [0.717, 1.165) is 19.5 Å². The van der Waals surface area contributed by atoms with Crippen molar-refractivity contribution in [3.05, 3.63) is 10.6 Å². The molecule has 0 aliphatic carbocycles. The van der Waals surface area contributed by atoms with Crippen molar-refractivity contribution in [3.8, 4) is 0 Å². The second kappa shape index (κ2) is 5.83. The molecule has 0 bridgehead atoms. The van der Waals surface area contributed by atoms with Crippen LogP contribution in [0.25, 0.3) is 0 Å². The molecule has 1 aliphatic rings. The Bertz CT molecular complexity index is 352. The third kappa shape index (κ3) is 2.99. The van der Waals surface area contributed by atoms with Gasteiger partial charge in [-0.15, -0.1) is 11.3 Å². The molecule has 17 heavy (non-hydrogen) atoms. The van der Waals surface area contributed by atoms with Crippen molar-refractivity contribution in [1.82, 2.24) is 4.98 Å². The zero-order valence-corrected chi connectivity index (χ0v) is 11.7. The smallest absolute Gasteiger partial charge is 0.185 e. The Balaban J connectivity index is 2.19. The lowest BCUT2D eigenvalue weighted by molar-refractivity contribution is 0.726. The van der Waals surface area contributed by atoms with Gasteiger partial charge in [0.15, 0.2) is 5.13 Å². The van der Waals surface area contributed by atoms with E-state index in [-0.39, 0.29) is 6.04 Å². The lowest BCUT2D eigenvalue weighted by Gasteiger charge is -2.18. The highest BCUT2D eigenvalue weighted by Crippen LogP contribution is 2.31. The highest BCUT2D eigenvalue weighted by Gasteiger charge is 2.18. The van der Waals surface area contributed by atoms with E-state index in [9.17, 15) is 0 Å². The van der Waals surface area contributed by atoms with E-state index < -0.39 is 0 Å². The first-order valence-corrected chi connectivity index (χ1v) is 7.54. The molecule has 1 fully saturated rings. The van der Waals surface area contributed by atoms with Gasteiger partial charge in [0.05, 0.1) is 5.69 Å². The summed E-state index contributed by atoms with van der Waals surface area (Å²) in [5.74, 6) is 0. The van der Waals surface area contributed by atoms with E-state index >= 15 is 0 Å². The number of hydrogen-bond acceptors (Lipinski definition) is 4. The van der Waals surface area contributed by atoms with Crippen LogP contribution in [0.5, 0.6) is 0 Å². The molecule has 1 unspecified atom stereocenters. The van der Waals surface area contributed by atoms with Crippen LogP contribution < -0.4 is 10.6 Å². The van der Waals surface area contributed by atoms with Crippen LogP contribution in [0.4, 0.5) is 5.13 Å². The minimum atomic E-state index is 0.114. The molecule has 2 rings (SSSR count). The van der Waals surface area contributed by atoms with Crippen LogP contribution in [0.2, 0.25) is 0 Å². The Morgan fingerprint density at radius 2 is 1.94 bits per heavy atom. The first kappa shape index (κ1) is 12.8. The molecular formula is C13H23N3S. The van der Waals surface area contributed by atoms with E-state index in [4.69, 9.17) is 10.7 Å². The summed E-state index contributed by atoms with van der Waals surface area (Å²) >= 11 is 1.80. The van der Waals surface area contributed by atoms with Crippen molar-refractivity contribution >= 4 is 16.5 Å². The van der Waals surface area contributed by atoms with Crippen molar-refractivity contribution < 1.29 is 0 Å². The summed E-state index contributed by atoms with van der Waals surface area (Å²) in [6, 6.07) is 0.114. The molecule has 1 saturated heterocycles. The number of nitrogens with two attached hydrogens (primary N) is 1. The Morgan fingerprint density at radius 3 is 2.41 bits per heavy atom. The predicted molar refractivity (Wildman–Crippen MR) is 74.8 cm³/mol. The van der Waals surface area contributed by atoms with Crippen molar-refractivity contribution in [2.75, 3.05) is 18.0 Å². The third-order valence-corrected chi connectivity index (χ3v) is 4.70. The summed E-state index contributed by atoms with van der Waals surface area (Å²) in [4.78, 5) is 8.50. The van der Waals surface area contributed by atoms with Gasteiger partial charge >= 0.3 is 0 Å². The lowest BCUT2D eigenvalue weighted by Crippen LogP contribution is -2.23. The Hall–Kier alpha value is -0.610. The number of thiazole rings is 1. The van der Waals surface area contributed by atoms with E-state index in [1.165, 1.54) is 41.4 Å². The molecule has 3 nitrogen and oxygen atoms in total. The Morgan fingerprint density at radius 1 is 1.29 bits per heavy atom. The zero-order chi connectivity index (χ0) is 12.3. The highest BCUT2D eigenvalue weighted by atomic mass is 32.1. The molecule has 1 aliphatic heterocycles. The highest BCUT2D eigenvalue weighted by molar-refractivity contribution is 7.15. The summed E-state index contributed by atoms with van der Waals surface area (Å²) in [6.45, 7) is 6.54. The van der Waals surface area contributed by atoms with Crippen LogP contribution in [0.15, 0.2) is 0 Å². The number of hydrogen-bond donors (Lipinski definition) is 1. The molecule has 1 aromatic heterocycles. The second-order valence-electron chi connectivity index (χ2n) is 4.85. The number of aromatic nitrogens is 1. The van der Waals surface area contributed by atoms with Crippen LogP contribution in [0.1, 0.15) is 56.1 Å². The summed E-state index contributed by atoms with van der Waals surface area (Å²) in [5.41, 5.74) is 7.21. The fourth-order valence-electron chi connectivity index (χ4n) is 2.36. The van der Waals surface area contributed by atoms with Gasteiger partial charge in [0.25, 0.3) is 0 Å². The van der Waals surface area contributed by atoms with Gasteiger partial charge in [-0.2, -0.15) is 0 Å². The largest absolute Gasteiger partial charge is 0.348 e. The molecule has 4 heteroatoms. The molecule has 1 aromatic rings. The van der Waals surface area contributed by atoms with Gasteiger partial charge in [-0.3, -0.25) is 0 Å². The second-order valence-corrected chi connectivity index (χ2v) is 5.86. The number of nitrogens with zero attached hydrogens (tertiary/aromatic N) is 2. The first-order chi connectivity index (χ1) is 8.22. The van der Waals surface area contributed by atoms with Crippen molar-refractivity contribution in [1.29, 1.82) is 0 Å². The average Bonchev–Trinajstić information content (AvgIpc) is 2.57. The number of aryl methyl sites for hydroxylation is 1. The fourth-order valence-corrected chi connectivity index (χ4v) is 3.51. The van der Waals surface area contributed by atoms with Gasteiger partial charge in [-0.1, -0.05) is 19.8 Å². The summed E-state index contributed by atoms with van der Waals surface area (Å²) < 4.78 is 0. The van der Waals surface area contributed by atoms with Gasteiger partial charge in [-0.25, -0.2) is 4.98 Å². The first-order valence-electron chi connectivity index (χ1n) is 6.72. The molecule has 0 radical (unpaired) electrons. The zero-order valence-electron chi connectivity index (χ0n) is 10.9. The maximum atomic E-state index is 6.02. The van der Waals surface area contributed by atoms with Gasteiger partial charge in [-0.05, 0) is 26.2 Å². The van der Waals surface area contributed by atoms with E-state index in [2.05, 4.69) is 18.7 Å². The number of anilines is 1. The van der Waals surface area contributed by atoms with Gasteiger partial charge in [0.2, 0.25) is 0 Å². The molecule has 0 aromatic carbocycles. The topological polar surface area (TPSA) is 42.2 Å². The standard InChI is InChI=1S/C13H23N3S/c1-3-11-12(10(2)14)17-13(15-11)16-8-6-4-5-7-9-16/h10H,3-9,14H2,1-2H3. The molecule has 0 spiro atoms. The van der Waals surface area contributed by atoms with Crippen LogP contribution >= 0.6 is 11.3 Å². The Labute approximate surface area is 108 Å². The van der Waals surface area contributed by atoms with Crippen LogP contribution in [0, 0.1) is 0 Å². The van der Waals surface area contributed by atoms with Crippen molar-refractivity contribution in [2.24, 2.45) is 5.73 Å². The van der Waals surface area contributed by atoms with Gasteiger partial charge in [0, 0.05) is 24.0 Å². The molecule has 96 valence electrons. The third-order valence-electron chi connectivity index (χ3n) is 3.34. The maximum absolute atomic E-state index is 6.02. The molecule has 0 saturated carbocycles. The van der Waals surface area contributed by atoms with E-state index in [0.29, 0.717) is 0 Å². The van der Waals surface area contributed by atoms with Gasteiger partial charge in [0.1, 0.15) is 0 Å². The molecular weight excluding hydrogens is 230 g/mol. The van der Waals surface area contributed by atoms with Crippen LogP contribution in [0.3, 0.4) is 0 Å². The number of rotatable bonds is 3. The van der Waals surface area contributed by atoms with Crippen LogP contribution in [-0.4, -0.2) is 18.1 Å². The minimum Gasteiger partial charge on any atom is -0.348 e. The monoisotopic (exact) mass is 253 g/mol. The maximum Gasteiger partial charge on any atom is 0.185 e. The van der Waals surface area contributed by atoms with Crippen molar-refractivity contribution in [3.63, 3.8) is 0 Å². The summed E-state index contributed by atoms with van der Waals surface area (Å²) in [6.07, 6.45) is 6.32. The van der Waals surface area contributed by atoms with E-state index in [1.54, 1.807) is 11.3 Å². The van der Waals surface area contributed by atoms with Crippen molar-refractivity contribution in [2.45, 2.75) is 52.0 Å². The molecule has 1 atom stereocenters. The molecule has 0 amide bonds. The quantitative estimate of drug-likeness (QED) is 0.900. The predicted octanol–water partition coefficient (Wildman–Crippen LogP) is 3.11. The SMILES string of the molecule is CCc1nc(N2CCCCCC2)sc1C(C)N. The Kier molecular flexibility index (Phi) is 4.40. The van der Waals surface area contributed by atoms with Crippen LogP contribution in [-0.2, 0) is 6.42 Å². The van der Waals surface area contributed by atoms with E-state index in [1.807, 2.05) is 0 Å². The summed E-state index contributed by atoms with van der Waals surface area (Å²) in [7, 11) is 0. The lowest BCUT2D eigenvalue weighted by atomic mass is 10.2. The average molecular weight is 253 g/mol. The normalized spacial score (nSPS) is 19.1. The fraction of sp³-hybridized carbons (Fsp3) is 0.769. The summed E-state index contributed by atoms with van der Waals surface area (Å²) in [5, 5.41) is 1.19. The minimum absolute atomic E-state index is 0.114. The molecule has 2 N–H and O–H groups in total. The molecule has 2 heterocycles.